The number of hydrogen-bond donors (Lipinski definition) is 1. The van der Waals surface area contributed by atoms with Crippen molar-refractivity contribution < 1.29 is 9.59 Å². The molecule has 1 atom stereocenters. The molecule has 1 N–H and O–H groups in total. The number of carbonyl (C=O) groups excluding carboxylic acids is 2. The molecule has 25 heavy (non-hydrogen) atoms. The summed E-state index contributed by atoms with van der Waals surface area (Å²) in [5.41, 5.74) is 2.21. The van der Waals surface area contributed by atoms with E-state index in [2.05, 4.69) is 10.4 Å². The van der Waals surface area contributed by atoms with E-state index in [9.17, 15) is 9.59 Å². The van der Waals surface area contributed by atoms with Gasteiger partial charge in [0.05, 0.1) is 11.7 Å². The molecule has 1 heterocycles. The standard InChI is InChI=1S/C20H27N3O2/c1-14(17-13-23(5)22-15(17)2)21-19(25)12-20(3,4)11-18(24)16-9-7-6-8-10-16/h6-10,13-14H,11-12H2,1-5H3,(H,21,25). The number of amides is 1. The van der Waals surface area contributed by atoms with Crippen molar-refractivity contribution in [2.45, 2.75) is 46.6 Å². The van der Waals surface area contributed by atoms with Gasteiger partial charge >= 0.3 is 0 Å². The lowest BCUT2D eigenvalue weighted by Gasteiger charge is -2.24. The maximum absolute atomic E-state index is 12.4. The van der Waals surface area contributed by atoms with Crippen LogP contribution in [0.5, 0.6) is 0 Å². The third-order valence-electron chi connectivity index (χ3n) is 4.27. The van der Waals surface area contributed by atoms with Gasteiger partial charge in [-0.05, 0) is 19.3 Å². The minimum atomic E-state index is -0.402. The van der Waals surface area contributed by atoms with Gasteiger partial charge in [-0.25, -0.2) is 0 Å². The number of hydrogen-bond acceptors (Lipinski definition) is 3. The van der Waals surface area contributed by atoms with Crippen LogP contribution in [0.4, 0.5) is 0 Å². The second kappa shape index (κ2) is 7.64. The zero-order valence-electron chi connectivity index (χ0n) is 15.7. The van der Waals surface area contributed by atoms with Gasteiger partial charge in [-0.15, -0.1) is 0 Å². The molecule has 0 saturated heterocycles. The molecule has 0 radical (unpaired) electrons. The molecule has 2 rings (SSSR count). The second-order valence-corrected chi connectivity index (χ2v) is 7.44. The first-order chi connectivity index (χ1) is 11.7. The normalized spacial score (nSPS) is 12.7. The van der Waals surface area contributed by atoms with Crippen molar-refractivity contribution in [3.8, 4) is 0 Å². The van der Waals surface area contributed by atoms with Gasteiger partial charge in [0.25, 0.3) is 0 Å². The smallest absolute Gasteiger partial charge is 0.221 e. The maximum Gasteiger partial charge on any atom is 0.221 e. The molecule has 0 saturated carbocycles. The van der Waals surface area contributed by atoms with Gasteiger partial charge in [0.1, 0.15) is 0 Å². The Kier molecular flexibility index (Phi) is 5.77. The van der Waals surface area contributed by atoms with Crippen LogP contribution < -0.4 is 5.32 Å². The fourth-order valence-corrected chi connectivity index (χ4v) is 3.07. The van der Waals surface area contributed by atoms with E-state index >= 15 is 0 Å². The summed E-state index contributed by atoms with van der Waals surface area (Å²) in [5.74, 6) is 0.0103. The largest absolute Gasteiger partial charge is 0.349 e. The van der Waals surface area contributed by atoms with Gasteiger partial charge in [-0.2, -0.15) is 5.10 Å². The summed E-state index contributed by atoms with van der Waals surface area (Å²) in [6.45, 7) is 7.78. The molecule has 0 fully saturated rings. The Morgan fingerprint density at radius 1 is 1.20 bits per heavy atom. The zero-order chi connectivity index (χ0) is 18.6. The summed E-state index contributed by atoms with van der Waals surface area (Å²) in [7, 11) is 1.86. The van der Waals surface area contributed by atoms with E-state index < -0.39 is 5.41 Å². The molecular weight excluding hydrogens is 314 g/mol. The van der Waals surface area contributed by atoms with Crippen LogP contribution in [-0.4, -0.2) is 21.5 Å². The van der Waals surface area contributed by atoms with Crippen LogP contribution in [0.1, 0.15) is 61.3 Å². The van der Waals surface area contributed by atoms with E-state index in [1.165, 1.54) is 0 Å². The minimum Gasteiger partial charge on any atom is -0.349 e. The molecule has 0 aliphatic heterocycles. The topological polar surface area (TPSA) is 64.0 Å². The Balaban J connectivity index is 1.94. The van der Waals surface area contributed by atoms with Crippen LogP contribution in [0, 0.1) is 12.3 Å². The first kappa shape index (κ1) is 18.9. The molecule has 5 nitrogen and oxygen atoms in total. The number of rotatable bonds is 7. The van der Waals surface area contributed by atoms with Crippen molar-refractivity contribution in [3.05, 3.63) is 53.3 Å². The molecule has 1 aromatic carbocycles. The van der Waals surface area contributed by atoms with Gasteiger partial charge < -0.3 is 5.32 Å². The number of ketones is 1. The number of aryl methyl sites for hydroxylation is 2. The second-order valence-electron chi connectivity index (χ2n) is 7.44. The molecule has 0 aliphatic carbocycles. The predicted octanol–water partition coefficient (Wildman–Crippen LogP) is 3.60. The maximum atomic E-state index is 12.4. The molecule has 0 aliphatic rings. The number of nitrogens with one attached hydrogen (secondary N) is 1. The van der Waals surface area contributed by atoms with Crippen LogP contribution in [-0.2, 0) is 11.8 Å². The molecule has 2 aromatic rings. The summed E-state index contributed by atoms with van der Waals surface area (Å²) in [6, 6.07) is 9.10. The van der Waals surface area contributed by atoms with E-state index in [0.29, 0.717) is 18.4 Å². The monoisotopic (exact) mass is 341 g/mol. The van der Waals surface area contributed by atoms with Crippen molar-refractivity contribution in [3.63, 3.8) is 0 Å². The molecule has 0 spiro atoms. The van der Waals surface area contributed by atoms with Gasteiger partial charge in [-0.1, -0.05) is 44.2 Å². The van der Waals surface area contributed by atoms with Gasteiger partial charge in [0, 0.05) is 37.2 Å². The van der Waals surface area contributed by atoms with Crippen molar-refractivity contribution in [1.29, 1.82) is 0 Å². The van der Waals surface area contributed by atoms with Crippen LogP contribution in [0.3, 0.4) is 0 Å². The fraction of sp³-hybridized carbons (Fsp3) is 0.450. The lowest BCUT2D eigenvalue weighted by molar-refractivity contribution is -0.123. The first-order valence-corrected chi connectivity index (χ1v) is 8.56. The molecular formula is C20H27N3O2. The molecule has 1 unspecified atom stereocenters. The summed E-state index contributed by atoms with van der Waals surface area (Å²) >= 11 is 0. The lowest BCUT2D eigenvalue weighted by atomic mass is 9.82. The number of nitrogens with zero attached hydrogens (tertiary/aromatic N) is 2. The highest BCUT2D eigenvalue weighted by molar-refractivity contribution is 5.96. The van der Waals surface area contributed by atoms with Crippen molar-refractivity contribution in [2.24, 2.45) is 12.5 Å². The zero-order valence-corrected chi connectivity index (χ0v) is 15.7. The Bertz CT molecular complexity index is 748. The highest BCUT2D eigenvalue weighted by atomic mass is 16.1. The Labute approximate surface area is 149 Å². The van der Waals surface area contributed by atoms with E-state index in [0.717, 1.165) is 11.3 Å². The van der Waals surface area contributed by atoms with Crippen molar-refractivity contribution in [2.75, 3.05) is 0 Å². The molecule has 134 valence electrons. The van der Waals surface area contributed by atoms with Gasteiger partial charge in [-0.3, -0.25) is 14.3 Å². The predicted molar refractivity (Wildman–Crippen MR) is 98.3 cm³/mol. The highest BCUT2D eigenvalue weighted by Crippen LogP contribution is 2.27. The summed E-state index contributed by atoms with van der Waals surface area (Å²) in [5, 5.41) is 7.32. The molecule has 5 heteroatoms. The molecule has 0 bridgehead atoms. The van der Waals surface area contributed by atoms with Crippen LogP contribution in [0.15, 0.2) is 36.5 Å². The molecule has 1 aromatic heterocycles. The lowest BCUT2D eigenvalue weighted by Crippen LogP contribution is -2.32. The number of benzene rings is 1. The Morgan fingerprint density at radius 3 is 2.40 bits per heavy atom. The quantitative estimate of drug-likeness (QED) is 0.783. The number of aromatic nitrogens is 2. The number of carbonyl (C=O) groups is 2. The third kappa shape index (κ3) is 5.28. The van der Waals surface area contributed by atoms with E-state index in [4.69, 9.17) is 0 Å². The van der Waals surface area contributed by atoms with E-state index in [1.807, 2.05) is 71.3 Å². The SMILES string of the molecule is Cc1nn(C)cc1C(C)NC(=O)CC(C)(C)CC(=O)c1ccccc1. The van der Waals surface area contributed by atoms with E-state index in [-0.39, 0.29) is 17.7 Å². The van der Waals surface area contributed by atoms with E-state index in [1.54, 1.807) is 4.68 Å². The minimum absolute atomic E-state index is 0.0541. The summed E-state index contributed by atoms with van der Waals surface area (Å²) in [6.07, 6.45) is 2.56. The number of Topliss-reactive ketones (excluding diaryl/α,β-unsaturated/α-hetero) is 1. The summed E-state index contributed by atoms with van der Waals surface area (Å²) < 4.78 is 1.75. The summed E-state index contributed by atoms with van der Waals surface area (Å²) in [4.78, 5) is 24.8. The van der Waals surface area contributed by atoms with Gasteiger partial charge in [0.15, 0.2) is 5.78 Å². The fourth-order valence-electron chi connectivity index (χ4n) is 3.07. The average Bonchev–Trinajstić information content (AvgIpc) is 2.85. The van der Waals surface area contributed by atoms with Crippen LogP contribution in [0.2, 0.25) is 0 Å². The van der Waals surface area contributed by atoms with Crippen LogP contribution >= 0.6 is 0 Å². The molecule has 1 amide bonds. The highest BCUT2D eigenvalue weighted by Gasteiger charge is 2.27. The van der Waals surface area contributed by atoms with Crippen LogP contribution in [0.25, 0.3) is 0 Å². The van der Waals surface area contributed by atoms with Gasteiger partial charge in [0.2, 0.25) is 5.91 Å². The van der Waals surface area contributed by atoms with Crippen molar-refractivity contribution in [1.82, 2.24) is 15.1 Å². The Hall–Kier alpha value is -2.43. The Morgan fingerprint density at radius 2 is 1.84 bits per heavy atom. The third-order valence-corrected chi connectivity index (χ3v) is 4.27. The van der Waals surface area contributed by atoms with Crippen molar-refractivity contribution >= 4 is 11.7 Å². The average molecular weight is 341 g/mol. The first-order valence-electron chi connectivity index (χ1n) is 8.56.